The molecule has 1 aliphatic heterocycles. The Hall–Kier alpha value is -1.32. The quantitative estimate of drug-likeness (QED) is 0.683. The van der Waals surface area contributed by atoms with E-state index in [-0.39, 0.29) is 5.91 Å². The summed E-state index contributed by atoms with van der Waals surface area (Å²) < 4.78 is 0. The van der Waals surface area contributed by atoms with E-state index in [4.69, 9.17) is 0 Å². The van der Waals surface area contributed by atoms with E-state index in [1.807, 2.05) is 19.0 Å². The van der Waals surface area contributed by atoms with Gasteiger partial charge in [-0.1, -0.05) is 13.3 Å². The van der Waals surface area contributed by atoms with Crippen molar-refractivity contribution in [3.63, 3.8) is 0 Å². The van der Waals surface area contributed by atoms with Gasteiger partial charge in [0.15, 0.2) is 0 Å². The minimum Gasteiger partial charge on any atom is -0.382 e. The van der Waals surface area contributed by atoms with Gasteiger partial charge in [0.25, 0.3) is 5.91 Å². The zero-order chi connectivity index (χ0) is 10.6. The second kappa shape index (κ2) is 4.79. The van der Waals surface area contributed by atoms with Crippen molar-refractivity contribution >= 4 is 11.7 Å². The number of hydrogen-bond donors (Lipinski definition) is 1. The number of carbonyl (C=O) groups excluding carboxylic acids is 1. The van der Waals surface area contributed by atoms with E-state index in [0.29, 0.717) is 5.70 Å². The van der Waals surface area contributed by atoms with Gasteiger partial charge in [0, 0.05) is 26.7 Å². The summed E-state index contributed by atoms with van der Waals surface area (Å²) in [7, 11) is 3.75. The summed E-state index contributed by atoms with van der Waals surface area (Å²) in [5, 5.41) is 2.76. The van der Waals surface area contributed by atoms with Gasteiger partial charge < -0.3 is 10.2 Å². The number of hydrogen-bond acceptors (Lipinski definition) is 3. The van der Waals surface area contributed by atoms with Gasteiger partial charge in [-0.3, -0.25) is 4.79 Å². The molecule has 0 atom stereocenters. The Bertz CT molecular complexity index is 279. The van der Waals surface area contributed by atoms with Gasteiger partial charge in [0.2, 0.25) is 0 Å². The van der Waals surface area contributed by atoms with Crippen molar-refractivity contribution in [3.8, 4) is 0 Å². The fourth-order valence-corrected chi connectivity index (χ4v) is 1.21. The molecule has 0 unspecified atom stereocenters. The standard InChI is InChI=1S/C10H17N3O/c1-4-5-6-9-11-8(7-13(2)3)10(14)12-9/h7H,4-6H2,1-3H3,(H,11,12,14)/b8-7-. The lowest BCUT2D eigenvalue weighted by Gasteiger charge is -2.03. The molecule has 0 bridgehead atoms. The van der Waals surface area contributed by atoms with E-state index in [2.05, 4.69) is 17.2 Å². The first kappa shape index (κ1) is 10.8. The van der Waals surface area contributed by atoms with Crippen LogP contribution in [0, 0.1) is 0 Å². The topological polar surface area (TPSA) is 44.7 Å². The van der Waals surface area contributed by atoms with Crippen LogP contribution in [-0.2, 0) is 4.79 Å². The molecule has 0 fully saturated rings. The lowest BCUT2D eigenvalue weighted by atomic mass is 10.2. The summed E-state index contributed by atoms with van der Waals surface area (Å²) in [4.78, 5) is 17.4. The van der Waals surface area contributed by atoms with E-state index in [9.17, 15) is 4.79 Å². The van der Waals surface area contributed by atoms with Gasteiger partial charge in [0.05, 0.1) is 0 Å². The maximum Gasteiger partial charge on any atom is 0.276 e. The summed E-state index contributed by atoms with van der Waals surface area (Å²) in [6.45, 7) is 2.12. The molecule has 0 radical (unpaired) electrons. The Labute approximate surface area is 84.7 Å². The van der Waals surface area contributed by atoms with Crippen LogP contribution in [0.5, 0.6) is 0 Å². The average Bonchev–Trinajstić information content (AvgIpc) is 2.43. The van der Waals surface area contributed by atoms with Crippen LogP contribution < -0.4 is 5.32 Å². The smallest absolute Gasteiger partial charge is 0.276 e. The maximum atomic E-state index is 11.4. The third-order valence-corrected chi connectivity index (χ3v) is 1.89. The van der Waals surface area contributed by atoms with Crippen LogP contribution in [0.3, 0.4) is 0 Å². The SMILES string of the molecule is CCCCC1=N/C(=C\N(C)C)C(=O)N1. The molecule has 1 N–H and O–H groups in total. The summed E-state index contributed by atoms with van der Waals surface area (Å²) in [5.74, 6) is 0.703. The van der Waals surface area contributed by atoms with Crippen LogP contribution in [0.15, 0.2) is 16.9 Å². The van der Waals surface area contributed by atoms with Crippen molar-refractivity contribution in [1.82, 2.24) is 10.2 Å². The van der Waals surface area contributed by atoms with Crippen LogP contribution >= 0.6 is 0 Å². The van der Waals surface area contributed by atoms with Gasteiger partial charge in [0.1, 0.15) is 11.5 Å². The molecular weight excluding hydrogens is 178 g/mol. The largest absolute Gasteiger partial charge is 0.382 e. The molecule has 14 heavy (non-hydrogen) atoms. The Morgan fingerprint density at radius 1 is 1.50 bits per heavy atom. The van der Waals surface area contributed by atoms with Crippen molar-refractivity contribution in [2.45, 2.75) is 26.2 Å². The zero-order valence-electron chi connectivity index (χ0n) is 9.00. The fourth-order valence-electron chi connectivity index (χ4n) is 1.21. The summed E-state index contributed by atoms with van der Waals surface area (Å²) in [6.07, 6.45) is 4.76. The van der Waals surface area contributed by atoms with Crippen molar-refractivity contribution in [2.24, 2.45) is 4.99 Å². The van der Waals surface area contributed by atoms with E-state index in [0.717, 1.165) is 25.1 Å². The van der Waals surface area contributed by atoms with Crippen LogP contribution in [0.1, 0.15) is 26.2 Å². The Morgan fingerprint density at radius 3 is 2.79 bits per heavy atom. The zero-order valence-corrected chi connectivity index (χ0v) is 9.00. The van der Waals surface area contributed by atoms with Crippen LogP contribution in [0.2, 0.25) is 0 Å². The molecule has 1 rings (SSSR count). The molecule has 1 amide bonds. The predicted molar refractivity (Wildman–Crippen MR) is 56.9 cm³/mol. The molecule has 1 aliphatic rings. The molecule has 0 aliphatic carbocycles. The first-order valence-electron chi connectivity index (χ1n) is 4.90. The Balaban J connectivity index is 2.62. The van der Waals surface area contributed by atoms with Gasteiger partial charge in [-0.15, -0.1) is 0 Å². The van der Waals surface area contributed by atoms with Crippen molar-refractivity contribution in [2.75, 3.05) is 14.1 Å². The van der Waals surface area contributed by atoms with Crippen LogP contribution in [0.25, 0.3) is 0 Å². The molecule has 0 aromatic heterocycles. The molecule has 78 valence electrons. The summed E-state index contributed by atoms with van der Waals surface area (Å²) >= 11 is 0. The predicted octanol–water partition coefficient (Wildman–Crippen LogP) is 1.11. The van der Waals surface area contributed by atoms with Crippen molar-refractivity contribution in [3.05, 3.63) is 11.9 Å². The molecular formula is C10H17N3O. The Morgan fingerprint density at radius 2 is 2.21 bits per heavy atom. The van der Waals surface area contributed by atoms with E-state index in [1.165, 1.54) is 0 Å². The highest BCUT2D eigenvalue weighted by Gasteiger charge is 2.19. The minimum atomic E-state index is -0.0928. The highest BCUT2D eigenvalue weighted by atomic mass is 16.2. The highest BCUT2D eigenvalue weighted by Crippen LogP contribution is 2.08. The van der Waals surface area contributed by atoms with E-state index in [1.54, 1.807) is 6.20 Å². The van der Waals surface area contributed by atoms with Gasteiger partial charge in [-0.05, 0) is 6.42 Å². The molecule has 0 aromatic carbocycles. The van der Waals surface area contributed by atoms with Gasteiger partial charge in [-0.25, -0.2) is 4.99 Å². The molecule has 1 heterocycles. The number of aliphatic imine (C=N–C) groups is 1. The molecule has 0 aromatic rings. The second-order valence-electron chi connectivity index (χ2n) is 3.59. The van der Waals surface area contributed by atoms with Crippen LogP contribution in [0.4, 0.5) is 0 Å². The average molecular weight is 195 g/mol. The second-order valence-corrected chi connectivity index (χ2v) is 3.59. The number of unbranched alkanes of at least 4 members (excludes halogenated alkanes) is 1. The highest BCUT2D eigenvalue weighted by molar-refractivity contribution is 6.12. The molecule has 0 spiro atoms. The molecule has 4 nitrogen and oxygen atoms in total. The summed E-state index contributed by atoms with van der Waals surface area (Å²) in [5.41, 5.74) is 0.501. The molecule has 4 heteroatoms. The number of nitrogens with zero attached hydrogens (tertiary/aromatic N) is 2. The number of amidine groups is 1. The first-order chi connectivity index (χ1) is 6.63. The number of amides is 1. The normalized spacial score (nSPS) is 18.4. The Kier molecular flexibility index (Phi) is 3.68. The third kappa shape index (κ3) is 2.87. The number of rotatable bonds is 4. The lowest BCUT2D eigenvalue weighted by molar-refractivity contribution is -0.115. The minimum absolute atomic E-state index is 0.0928. The number of carbonyl (C=O) groups is 1. The van der Waals surface area contributed by atoms with E-state index >= 15 is 0 Å². The lowest BCUT2D eigenvalue weighted by Crippen LogP contribution is -2.24. The monoisotopic (exact) mass is 195 g/mol. The first-order valence-corrected chi connectivity index (χ1v) is 4.90. The fraction of sp³-hybridized carbons (Fsp3) is 0.600. The maximum absolute atomic E-state index is 11.4. The van der Waals surface area contributed by atoms with E-state index < -0.39 is 0 Å². The van der Waals surface area contributed by atoms with Crippen molar-refractivity contribution < 1.29 is 4.79 Å². The molecule has 0 saturated heterocycles. The third-order valence-electron chi connectivity index (χ3n) is 1.89. The van der Waals surface area contributed by atoms with Crippen molar-refractivity contribution in [1.29, 1.82) is 0 Å². The van der Waals surface area contributed by atoms with Gasteiger partial charge >= 0.3 is 0 Å². The van der Waals surface area contributed by atoms with Crippen LogP contribution in [-0.4, -0.2) is 30.7 Å². The van der Waals surface area contributed by atoms with Gasteiger partial charge in [-0.2, -0.15) is 0 Å². The molecule has 0 saturated carbocycles. The summed E-state index contributed by atoms with van der Waals surface area (Å²) in [6, 6.07) is 0. The number of nitrogens with one attached hydrogen (secondary N) is 1.